The number of aromatic nitrogens is 1. The second-order valence-electron chi connectivity index (χ2n) is 7.25. The van der Waals surface area contributed by atoms with Gasteiger partial charge < -0.3 is 15.2 Å². The van der Waals surface area contributed by atoms with Crippen molar-refractivity contribution < 1.29 is 9.69 Å². The Morgan fingerprint density at radius 1 is 1.04 bits per heavy atom. The fraction of sp³-hybridized carbons (Fsp3) is 0.273. The number of hydrogen-bond donors (Lipinski definition) is 3. The van der Waals surface area contributed by atoms with Crippen LogP contribution in [-0.4, -0.2) is 30.0 Å². The summed E-state index contributed by atoms with van der Waals surface area (Å²) in [6, 6.07) is 19.5. The number of quaternary nitrogens is 1. The molecule has 5 heteroatoms. The number of para-hydroxylation sites is 1. The average Bonchev–Trinajstić information content (AvgIpc) is 2.69. The molecule has 2 aromatic carbocycles. The molecular formula is C22H24N3O2+. The third-order valence-electron chi connectivity index (χ3n) is 5.32. The maximum atomic E-state index is 12.8. The number of rotatable bonds is 4. The molecule has 3 N–H and O–H groups in total. The number of benzene rings is 2. The van der Waals surface area contributed by atoms with E-state index in [0.717, 1.165) is 37.9 Å². The maximum Gasteiger partial charge on any atom is 0.252 e. The zero-order valence-electron chi connectivity index (χ0n) is 15.2. The lowest BCUT2D eigenvalue weighted by atomic mass is 10.0. The highest BCUT2D eigenvalue weighted by Crippen LogP contribution is 2.15. The van der Waals surface area contributed by atoms with E-state index in [-0.39, 0.29) is 17.5 Å². The Morgan fingerprint density at radius 3 is 2.52 bits per heavy atom. The number of likely N-dealkylation sites (tertiary alicyclic amines) is 1. The standard InChI is InChI=1S/C22H23N3O2/c26-21-14-19(18-8-4-5-9-20(18)24-21)22(27)23-17-10-12-25(13-11-17)15-16-6-2-1-3-7-16/h1-9,14,17H,10-13,15H2,(H,23,27)(H,24,26)/p+1. The summed E-state index contributed by atoms with van der Waals surface area (Å²) >= 11 is 0. The number of carbonyl (C=O) groups excluding carboxylic acids is 1. The summed E-state index contributed by atoms with van der Waals surface area (Å²) < 4.78 is 0. The quantitative estimate of drug-likeness (QED) is 0.659. The number of pyridine rings is 1. The van der Waals surface area contributed by atoms with Gasteiger partial charge in [-0.1, -0.05) is 48.5 Å². The second kappa shape index (κ2) is 7.76. The van der Waals surface area contributed by atoms with E-state index in [1.54, 1.807) is 4.90 Å². The minimum Gasteiger partial charge on any atom is -0.349 e. The first kappa shape index (κ1) is 17.5. The van der Waals surface area contributed by atoms with Crippen LogP contribution in [0.3, 0.4) is 0 Å². The van der Waals surface area contributed by atoms with Crippen LogP contribution in [0, 0.1) is 0 Å². The van der Waals surface area contributed by atoms with Gasteiger partial charge in [0.15, 0.2) is 0 Å². The van der Waals surface area contributed by atoms with Crippen LogP contribution in [-0.2, 0) is 6.54 Å². The van der Waals surface area contributed by atoms with Crippen LogP contribution in [0.25, 0.3) is 10.9 Å². The van der Waals surface area contributed by atoms with Crippen molar-refractivity contribution in [2.75, 3.05) is 13.1 Å². The Labute approximate surface area is 158 Å². The molecule has 1 amide bonds. The highest BCUT2D eigenvalue weighted by atomic mass is 16.2. The SMILES string of the molecule is O=C(NC1CC[NH+](Cc2ccccc2)CC1)c1cc(=O)[nH]c2ccccc12. The highest BCUT2D eigenvalue weighted by Gasteiger charge is 2.24. The Morgan fingerprint density at radius 2 is 1.74 bits per heavy atom. The third-order valence-corrected chi connectivity index (χ3v) is 5.32. The maximum absolute atomic E-state index is 12.8. The number of aromatic amines is 1. The van der Waals surface area contributed by atoms with Crippen LogP contribution in [0.2, 0.25) is 0 Å². The number of H-pyrrole nitrogens is 1. The summed E-state index contributed by atoms with van der Waals surface area (Å²) in [4.78, 5) is 29.0. The molecule has 4 rings (SSSR count). The van der Waals surface area contributed by atoms with Crippen molar-refractivity contribution >= 4 is 16.8 Å². The van der Waals surface area contributed by atoms with Crippen LogP contribution in [0.4, 0.5) is 0 Å². The number of piperidine rings is 1. The van der Waals surface area contributed by atoms with E-state index in [1.807, 2.05) is 30.3 Å². The van der Waals surface area contributed by atoms with Crippen LogP contribution < -0.4 is 15.8 Å². The molecule has 0 unspecified atom stereocenters. The molecule has 27 heavy (non-hydrogen) atoms. The van der Waals surface area contributed by atoms with Gasteiger partial charge in [-0.25, -0.2) is 0 Å². The van der Waals surface area contributed by atoms with E-state index in [4.69, 9.17) is 0 Å². The topological polar surface area (TPSA) is 66.4 Å². The van der Waals surface area contributed by atoms with E-state index in [1.165, 1.54) is 11.6 Å². The lowest BCUT2D eigenvalue weighted by Crippen LogP contribution is -3.12. The second-order valence-corrected chi connectivity index (χ2v) is 7.25. The van der Waals surface area contributed by atoms with Gasteiger partial charge in [0.05, 0.1) is 18.7 Å². The first-order valence-electron chi connectivity index (χ1n) is 9.49. The lowest BCUT2D eigenvalue weighted by Gasteiger charge is -2.30. The summed E-state index contributed by atoms with van der Waals surface area (Å²) in [6.45, 7) is 3.10. The van der Waals surface area contributed by atoms with Crippen molar-refractivity contribution in [2.45, 2.75) is 25.4 Å². The molecule has 2 heterocycles. The van der Waals surface area contributed by atoms with E-state index < -0.39 is 0 Å². The lowest BCUT2D eigenvalue weighted by molar-refractivity contribution is -0.918. The van der Waals surface area contributed by atoms with Crippen molar-refractivity contribution in [2.24, 2.45) is 0 Å². The van der Waals surface area contributed by atoms with Gasteiger partial charge in [-0.15, -0.1) is 0 Å². The van der Waals surface area contributed by atoms with E-state index in [2.05, 4.69) is 34.6 Å². The molecule has 0 radical (unpaired) electrons. The summed E-state index contributed by atoms with van der Waals surface area (Å²) in [5.41, 5.74) is 2.25. The summed E-state index contributed by atoms with van der Waals surface area (Å²) in [5.74, 6) is -0.159. The molecule has 5 nitrogen and oxygen atoms in total. The van der Waals surface area contributed by atoms with E-state index in [0.29, 0.717) is 11.1 Å². The zero-order chi connectivity index (χ0) is 18.6. The molecule has 138 valence electrons. The summed E-state index contributed by atoms with van der Waals surface area (Å²) in [7, 11) is 0. The van der Waals surface area contributed by atoms with Gasteiger partial charge in [0, 0.05) is 41.4 Å². The predicted molar refractivity (Wildman–Crippen MR) is 106 cm³/mol. The fourth-order valence-corrected chi connectivity index (χ4v) is 3.89. The molecule has 0 spiro atoms. The Balaban J connectivity index is 1.39. The molecular weight excluding hydrogens is 338 g/mol. The summed E-state index contributed by atoms with van der Waals surface area (Å²) in [6.07, 6.45) is 1.91. The number of nitrogens with one attached hydrogen (secondary N) is 3. The first-order valence-corrected chi connectivity index (χ1v) is 9.49. The number of fused-ring (bicyclic) bond motifs is 1. The predicted octanol–water partition coefficient (Wildman–Crippen LogP) is 1.51. The Bertz CT molecular complexity index is 989. The van der Waals surface area contributed by atoms with Crippen molar-refractivity contribution in [1.29, 1.82) is 0 Å². The van der Waals surface area contributed by atoms with Crippen LogP contribution in [0.5, 0.6) is 0 Å². The molecule has 1 aliphatic rings. The first-order chi connectivity index (χ1) is 13.2. The Hall–Kier alpha value is -2.92. The molecule has 1 aromatic heterocycles. The average molecular weight is 362 g/mol. The smallest absolute Gasteiger partial charge is 0.252 e. The van der Waals surface area contributed by atoms with Crippen LogP contribution in [0.1, 0.15) is 28.8 Å². The van der Waals surface area contributed by atoms with Crippen molar-refractivity contribution in [3.63, 3.8) is 0 Å². The largest absolute Gasteiger partial charge is 0.349 e. The van der Waals surface area contributed by atoms with Crippen molar-refractivity contribution in [1.82, 2.24) is 10.3 Å². The minimum absolute atomic E-state index is 0.159. The number of hydrogen-bond acceptors (Lipinski definition) is 2. The van der Waals surface area contributed by atoms with Crippen LogP contribution >= 0.6 is 0 Å². The van der Waals surface area contributed by atoms with E-state index >= 15 is 0 Å². The van der Waals surface area contributed by atoms with Gasteiger partial charge in [-0.05, 0) is 6.07 Å². The molecule has 0 saturated carbocycles. The minimum atomic E-state index is -0.249. The molecule has 0 bridgehead atoms. The number of carbonyl (C=O) groups is 1. The molecule has 3 aromatic rings. The van der Waals surface area contributed by atoms with Gasteiger partial charge in [0.1, 0.15) is 6.54 Å². The molecule has 0 atom stereocenters. The highest BCUT2D eigenvalue weighted by molar-refractivity contribution is 6.06. The third kappa shape index (κ3) is 4.09. The van der Waals surface area contributed by atoms with Gasteiger partial charge in [0.2, 0.25) is 5.56 Å². The van der Waals surface area contributed by atoms with Crippen molar-refractivity contribution in [3.05, 3.63) is 82.1 Å². The van der Waals surface area contributed by atoms with E-state index in [9.17, 15) is 9.59 Å². The molecule has 1 aliphatic heterocycles. The monoisotopic (exact) mass is 362 g/mol. The van der Waals surface area contributed by atoms with Crippen molar-refractivity contribution in [3.8, 4) is 0 Å². The van der Waals surface area contributed by atoms with Gasteiger partial charge >= 0.3 is 0 Å². The molecule has 1 saturated heterocycles. The molecule has 0 aliphatic carbocycles. The Kier molecular flexibility index (Phi) is 5.03. The summed E-state index contributed by atoms with van der Waals surface area (Å²) in [5, 5.41) is 3.91. The van der Waals surface area contributed by atoms with Gasteiger partial charge in [-0.3, -0.25) is 9.59 Å². The number of amides is 1. The van der Waals surface area contributed by atoms with Crippen LogP contribution in [0.15, 0.2) is 65.5 Å². The molecule has 1 fully saturated rings. The fourth-order valence-electron chi connectivity index (χ4n) is 3.89. The van der Waals surface area contributed by atoms with Gasteiger partial charge in [0.25, 0.3) is 5.91 Å². The normalized spacial score (nSPS) is 19.7. The van der Waals surface area contributed by atoms with Gasteiger partial charge in [-0.2, -0.15) is 0 Å². The zero-order valence-corrected chi connectivity index (χ0v) is 15.2.